The Morgan fingerprint density at radius 1 is 1.24 bits per heavy atom. The SMILES string of the molecule is COc1ccccc1-n1nnnc1SCc1nc(-c2cccc([N+](=O)[O-])c2)no1. The van der Waals surface area contributed by atoms with Gasteiger partial charge in [0, 0.05) is 17.7 Å². The van der Waals surface area contributed by atoms with Crippen molar-refractivity contribution in [3.05, 3.63) is 64.5 Å². The molecule has 29 heavy (non-hydrogen) atoms. The number of rotatable bonds is 7. The highest BCUT2D eigenvalue weighted by molar-refractivity contribution is 7.98. The maximum Gasteiger partial charge on any atom is 0.270 e. The number of non-ortho nitro benzene ring substituents is 1. The number of methoxy groups -OCH3 is 1. The number of aromatic nitrogens is 6. The van der Waals surface area contributed by atoms with Gasteiger partial charge in [0.1, 0.15) is 11.4 Å². The molecule has 0 fully saturated rings. The molecule has 11 nitrogen and oxygen atoms in total. The van der Waals surface area contributed by atoms with Crippen molar-refractivity contribution in [3.63, 3.8) is 0 Å². The van der Waals surface area contributed by atoms with Crippen molar-refractivity contribution in [2.45, 2.75) is 10.9 Å². The molecular weight excluding hydrogens is 398 g/mol. The number of para-hydroxylation sites is 2. The highest BCUT2D eigenvalue weighted by atomic mass is 32.2. The van der Waals surface area contributed by atoms with Gasteiger partial charge in [-0.15, -0.1) is 5.10 Å². The van der Waals surface area contributed by atoms with Gasteiger partial charge >= 0.3 is 0 Å². The van der Waals surface area contributed by atoms with Crippen molar-refractivity contribution in [2.24, 2.45) is 0 Å². The third-order valence-corrected chi connectivity index (χ3v) is 4.77. The second kappa shape index (κ2) is 8.06. The molecule has 0 saturated heterocycles. The third-order valence-electron chi connectivity index (χ3n) is 3.86. The molecule has 0 unspecified atom stereocenters. The average molecular weight is 411 g/mol. The number of tetrazole rings is 1. The molecular formula is C17H13N7O4S. The maximum atomic E-state index is 10.9. The molecule has 0 atom stereocenters. The standard InChI is InChI=1S/C17H13N7O4S/c1-27-14-8-3-2-7-13(14)23-17(19-21-22-23)29-10-15-18-16(20-28-15)11-5-4-6-12(9-11)24(25)26/h2-9H,10H2,1H3. The van der Waals surface area contributed by atoms with Crippen molar-refractivity contribution in [1.29, 1.82) is 0 Å². The Labute approximate surface area is 167 Å². The van der Waals surface area contributed by atoms with Crippen molar-refractivity contribution in [2.75, 3.05) is 7.11 Å². The fourth-order valence-electron chi connectivity index (χ4n) is 2.54. The van der Waals surface area contributed by atoms with Crippen LogP contribution >= 0.6 is 11.8 Å². The zero-order valence-corrected chi connectivity index (χ0v) is 15.8. The molecule has 0 amide bonds. The van der Waals surface area contributed by atoms with Gasteiger partial charge in [-0.3, -0.25) is 10.1 Å². The van der Waals surface area contributed by atoms with E-state index in [9.17, 15) is 10.1 Å². The first-order valence-corrected chi connectivity index (χ1v) is 9.26. The van der Waals surface area contributed by atoms with Crippen LogP contribution in [0.3, 0.4) is 0 Å². The Morgan fingerprint density at radius 3 is 2.93 bits per heavy atom. The summed E-state index contributed by atoms with van der Waals surface area (Å²) in [5.41, 5.74) is 1.16. The minimum absolute atomic E-state index is 0.0424. The predicted octanol–water partition coefficient (Wildman–Crippen LogP) is 2.92. The zero-order chi connectivity index (χ0) is 20.2. The van der Waals surface area contributed by atoms with Gasteiger partial charge in [0.15, 0.2) is 0 Å². The quantitative estimate of drug-likeness (QED) is 0.254. The Morgan fingerprint density at radius 2 is 2.10 bits per heavy atom. The first kappa shape index (κ1) is 18.6. The second-order valence-corrected chi connectivity index (χ2v) is 6.60. The lowest BCUT2D eigenvalue weighted by molar-refractivity contribution is -0.384. The number of nitro benzene ring substituents is 1. The number of nitro groups is 1. The first-order chi connectivity index (χ1) is 14.2. The van der Waals surface area contributed by atoms with E-state index in [-0.39, 0.29) is 11.5 Å². The van der Waals surface area contributed by atoms with Crippen LogP contribution in [0.4, 0.5) is 5.69 Å². The van der Waals surface area contributed by atoms with Gasteiger partial charge in [0.05, 0.1) is 17.8 Å². The fraction of sp³-hybridized carbons (Fsp3) is 0.118. The number of hydrogen-bond acceptors (Lipinski definition) is 10. The predicted molar refractivity (Wildman–Crippen MR) is 102 cm³/mol. The summed E-state index contributed by atoms with van der Waals surface area (Å²) in [6, 6.07) is 13.4. The van der Waals surface area contributed by atoms with Gasteiger partial charge in [-0.2, -0.15) is 9.67 Å². The summed E-state index contributed by atoms with van der Waals surface area (Å²) in [5.74, 6) is 1.56. The number of hydrogen-bond donors (Lipinski definition) is 0. The van der Waals surface area contributed by atoms with Gasteiger partial charge in [-0.25, -0.2) is 0 Å². The topological polar surface area (TPSA) is 135 Å². The molecule has 0 spiro atoms. The first-order valence-electron chi connectivity index (χ1n) is 8.27. The van der Waals surface area contributed by atoms with Crippen LogP contribution in [0.25, 0.3) is 17.1 Å². The van der Waals surface area contributed by atoms with E-state index in [2.05, 4.69) is 25.7 Å². The summed E-state index contributed by atoms with van der Waals surface area (Å²) >= 11 is 1.30. The lowest BCUT2D eigenvalue weighted by atomic mass is 10.2. The maximum absolute atomic E-state index is 10.9. The highest BCUT2D eigenvalue weighted by Gasteiger charge is 2.16. The summed E-state index contributed by atoms with van der Waals surface area (Å²) in [7, 11) is 1.57. The molecule has 2 aromatic carbocycles. The van der Waals surface area contributed by atoms with Crippen LogP contribution in [0, 0.1) is 10.1 Å². The zero-order valence-electron chi connectivity index (χ0n) is 15.0. The number of nitrogens with zero attached hydrogens (tertiary/aromatic N) is 7. The molecule has 12 heteroatoms. The smallest absolute Gasteiger partial charge is 0.270 e. The van der Waals surface area contributed by atoms with Gasteiger partial charge in [-0.1, -0.05) is 41.2 Å². The summed E-state index contributed by atoms with van der Waals surface area (Å²) in [6.07, 6.45) is 0. The lowest BCUT2D eigenvalue weighted by Gasteiger charge is -2.08. The number of benzene rings is 2. The van der Waals surface area contributed by atoms with Crippen LogP contribution in [0.15, 0.2) is 58.2 Å². The summed E-state index contributed by atoms with van der Waals surface area (Å²) in [6.45, 7) is 0. The molecule has 4 rings (SSSR count). The molecule has 0 bridgehead atoms. The lowest BCUT2D eigenvalue weighted by Crippen LogP contribution is -2.01. The minimum Gasteiger partial charge on any atom is -0.494 e. The van der Waals surface area contributed by atoms with Crippen LogP contribution < -0.4 is 4.74 Å². The molecule has 0 aliphatic rings. The van der Waals surface area contributed by atoms with Crippen LogP contribution in [-0.2, 0) is 5.75 Å². The van der Waals surface area contributed by atoms with Gasteiger partial charge in [0.25, 0.3) is 5.69 Å². The average Bonchev–Trinajstić information content (AvgIpc) is 3.41. The molecule has 0 saturated carbocycles. The Hall–Kier alpha value is -3.80. The van der Waals surface area contributed by atoms with E-state index in [1.807, 2.05) is 24.3 Å². The van der Waals surface area contributed by atoms with E-state index in [4.69, 9.17) is 9.26 Å². The third kappa shape index (κ3) is 3.91. The van der Waals surface area contributed by atoms with Crippen LogP contribution in [0.2, 0.25) is 0 Å². The van der Waals surface area contributed by atoms with E-state index >= 15 is 0 Å². The van der Waals surface area contributed by atoms with Crippen molar-refractivity contribution in [1.82, 2.24) is 30.3 Å². The Kier molecular flexibility index (Phi) is 5.16. The summed E-state index contributed by atoms with van der Waals surface area (Å²) in [5, 5.41) is 27.1. The van der Waals surface area contributed by atoms with E-state index in [0.717, 1.165) is 0 Å². The highest BCUT2D eigenvalue weighted by Crippen LogP contribution is 2.28. The molecule has 4 aromatic rings. The normalized spacial score (nSPS) is 10.8. The number of ether oxygens (including phenoxy) is 1. The molecule has 0 N–H and O–H groups in total. The molecule has 0 aliphatic heterocycles. The van der Waals surface area contributed by atoms with Gasteiger partial charge < -0.3 is 9.26 Å². The number of thioether (sulfide) groups is 1. The monoisotopic (exact) mass is 411 g/mol. The van der Waals surface area contributed by atoms with Crippen molar-refractivity contribution < 1.29 is 14.2 Å². The van der Waals surface area contributed by atoms with E-state index in [0.29, 0.717) is 33.8 Å². The molecule has 2 aromatic heterocycles. The second-order valence-electron chi connectivity index (χ2n) is 5.65. The van der Waals surface area contributed by atoms with Crippen LogP contribution in [-0.4, -0.2) is 42.4 Å². The largest absolute Gasteiger partial charge is 0.494 e. The van der Waals surface area contributed by atoms with Crippen molar-refractivity contribution >= 4 is 17.4 Å². The molecule has 0 radical (unpaired) electrons. The minimum atomic E-state index is -0.474. The van der Waals surface area contributed by atoms with E-state index in [1.54, 1.807) is 23.9 Å². The van der Waals surface area contributed by atoms with E-state index < -0.39 is 4.92 Å². The fourth-order valence-corrected chi connectivity index (χ4v) is 3.26. The Balaban J connectivity index is 1.51. The molecule has 0 aliphatic carbocycles. The summed E-state index contributed by atoms with van der Waals surface area (Å²) < 4.78 is 12.2. The van der Waals surface area contributed by atoms with E-state index in [1.165, 1.54) is 23.9 Å². The van der Waals surface area contributed by atoms with Crippen LogP contribution in [0.1, 0.15) is 5.89 Å². The van der Waals surface area contributed by atoms with Crippen molar-refractivity contribution in [3.8, 4) is 22.8 Å². The Bertz CT molecular complexity index is 1160. The molecule has 146 valence electrons. The summed E-state index contributed by atoms with van der Waals surface area (Å²) in [4.78, 5) is 14.7. The molecule has 2 heterocycles. The van der Waals surface area contributed by atoms with Crippen LogP contribution in [0.5, 0.6) is 5.75 Å². The van der Waals surface area contributed by atoms with Gasteiger partial charge in [-0.05, 0) is 22.6 Å². The van der Waals surface area contributed by atoms with Gasteiger partial charge in [0.2, 0.25) is 16.9 Å².